The highest BCUT2D eigenvalue weighted by Crippen LogP contribution is 2.35. The number of H-pyrrole nitrogens is 1. The van der Waals surface area contributed by atoms with E-state index in [1.807, 2.05) is 0 Å². The first kappa shape index (κ1) is 12.5. The van der Waals surface area contributed by atoms with Crippen LogP contribution in [0.25, 0.3) is 0 Å². The first-order valence-corrected chi connectivity index (χ1v) is 5.01. The molecule has 0 aliphatic carbocycles. The number of nitrogens with one attached hydrogen (secondary N) is 2. The summed E-state index contributed by atoms with van der Waals surface area (Å²) in [5.74, 6) is 5.52. The normalized spacial score (nSPS) is 13.6. The van der Waals surface area contributed by atoms with Gasteiger partial charge in [-0.1, -0.05) is 18.2 Å². The Balaban J connectivity index is 2.50. The quantitative estimate of drug-likeness (QED) is 0.573. The first-order valence-electron chi connectivity index (χ1n) is 5.01. The maximum atomic E-state index is 12.9. The smallest absolute Gasteiger partial charge is 0.270 e. The number of alkyl halides is 3. The lowest BCUT2D eigenvalue weighted by Gasteiger charge is -2.18. The van der Waals surface area contributed by atoms with Gasteiger partial charge in [-0.15, -0.1) is 0 Å². The van der Waals surface area contributed by atoms with Crippen molar-refractivity contribution in [2.45, 2.75) is 12.2 Å². The number of rotatable bonds is 3. The molecule has 0 spiro atoms. The minimum absolute atomic E-state index is 0.00995. The molecule has 4 N–H and O–H groups in total. The van der Waals surface area contributed by atoms with Crippen LogP contribution >= 0.6 is 0 Å². The number of hydrogen-bond acceptors (Lipinski definition) is 4. The Morgan fingerprint density at radius 2 is 2.00 bits per heavy atom. The van der Waals surface area contributed by atoms with Crippen molar-refractivity contribution < 1.29 is 13.2 Å². The molecule has 0 amide bonds. The molecule has 0 saturated heterocycles. The summed E-state index contributed by atoms with van der Waals surface area (Å²) in [5, 5.41) is 6.09. The van der Waals surface area contributed by atoms with Crippen molar-refractivity contribution in [2.75, 3.05) is 0 Å². The predicted octanol–water partition coefficient (Wildman–Crippen LogP) is 1.38. The number of aromatic amines is 1. The highest BCUT2D eigenvalue weighted by atomic mass is 19.4. The first-order chi connectivity index (χ1) is 8.54. The third-order valence-electron chi connectivity index (χ3n) is 2.45. The molecule has 8 heteroatoms. The van der Waals surface area contributed by atoms with Gasteiger partial charge in [-0.05, 0) is 11.6 Å². The van der Waals surface area contributed by atoms with Gasteiger partial charge in [0.25, 0.3) is 0 Å². The zero-order chi connectivity index (χ0) is 13.2. The van der Waals surface area contributed by atoms with Crippen LogP contribution in [-0.4, -0.2) is 15.2 Å². The zero-order valence-electron chi connectivity index (χ0n) is 9.07. The Bertz CT molecular complexity index is 508. The number of benzene rings is 1. The molecule has 5 nitrogen and oxygen atoms in total. The van der Waals surface area contributed by atoms with Crippen molar-refractivity contribution in [3.8, 4) is 0 Å². The lowest BCUT2D eigenvalue weighted by Crippen LogP contribution is -2.31. The second-order valence-electron chi connectivity index (χ2n) is 3.56. The summed E-state index contributed by atoms with van der Waals surface area (Å²) >= 11 is 0. The molecule has 0 aliphatic rings. The molecule has 0 bridgehead atoms. The van der Waals surface area contributed by atoms with Crippen molar-refractivity contribution in [1.29, 1.82) is 0 Å². The van der Waals surface area contributed by atoms with Gasteiger partial charge in [-0.25, -0.2) is 10.4 Å². The number of halogens is 3. The molecule has 18 heavy (non-hydrogen) atoms. The Labute approximate surface area is 100 Å². The maximum absolute atomic E-state index is 12.9. The molecular formula is C10H10F3N5. The summed E-state index contributed by atoms with van der Waals surface area (Å²) in [4.78, 5) is 3.81. The van der Waals surface area contributed by atoms with E-state index in [9.17, 15) is 13.2 Å². The molecule has 96 valence electrons. The molecule has 2 aromatic rings. The molecule has 2 rings (SSSR count). The largest absolute Gasteiger partial charge is 0.416 e. The van der Waals surface area contributed by atoms with Crippen molar-refractivity contribution >= 4 is 0 Å². The molecule has 0 aliphatic heterocycles. The fourth-order valence-corrected chi connectivity index (χ4v) is 1.68. The van der Waals surface area contributed by atoms with Crippen LogP contribution in [0, 0.1) is 0 Å². The van der Waals surface area contributed by atoms with Gasteiger partial charge in [0.1, 0.15) is 18.2 Å². The summed E-state index contributed by atoms with van der Waals surface area (Å²) in [6.07, 6.45) is -3.25. The monoisotopic (exact) mass is 257 g/mol. The molecule has 1 unspecified atom stereocenters. The Morgan fingerprint density at radius 1 is 1.28 bits per heavy atom. The minimum Gasteiger partial charge on any atom is -0.270 e. The number of nitrogens with zero attached hydrogens (tertiary/aromatic N) is 2. The van der Waals surface area contributed by atoms with Crippen LogP contribution in [0.15, 0.2) is 30.6 Å². The molecule has 0 radical (unpaired) electrons. The number of nitrogens with two attached hydrogens (primary N) is 1. The summed E-state index contributed by atoms with van der Waals surface area (Å²) in [6.45, 7) is 0. The molecular weight excluding hydrogens is 247 g/mol. The van der Waals surface area contributed by atoms with Crippen molar-refractivity contribution in [2.24, 2.45) is 5.84 Å². The van der Waals surface area contributed by atoms with E-state index in [0.29, 0.717) is 0 Å². The van der Waals surface area contributed by atoms with Gasteiger partial charge in [0.2, 0.25) is 0 Å². The van der Waals surface area contributed by atoms with Gasteiger partial charge in [-0.3, -0.25) is 10.9 Å². The van der Waals surface area contributed by atoms with E-state index in [1.54, 1.807) is 0 Å². The molecule has 1 atom stereocenters. The summed E-state index contributed by atoms with van der Waals surface area (Å²) in [6, 6.07) is 4.27. The molecule has 0 saturated carbocycles. The van der Waals surface area contributed by atoms with Crippen molar-refractivity contribution in [3.05, 3.63) is 47.5 Å². The maximum Gasteiger partial charge on any atom is 0.416 e. The summed E-state index contributed by atoms with van der Waals surface area (Å²) < 4.78 is 38.6. The van der Waals surface area contributed by atoms with Gasteiger partial charge in [0.05, 0.1) is 5.56 Å². The average Bonchev–Trinajstić information content (AvgIpc) is 2.83. The highest BCUT2D eigenvalue weighted by Gasteiger charge is 2.35. The molecule has 1 aromatic heterocycles. The van der Waals surface area contributed by atoms with Crippen LogP contribution in [0.1, 0.15) is 23.0 Å². The SMILES string of the molecule is NNC(c1ncn[nH]1)c1ccccc1C(F)(F)F. The Hall–Kier alpha value is -1.93. The Morgan fingerprint density at radius 3 is 2.56 bits per heavy atom. The fraction of sp³-hybridized carbons (Fsp3) is 0.200. The molecule has 1 aromatic carbocycles. The van der Waals surface area contributed by atoms with E-state index in [-0.39, 0.29) is 11.4 Å². The summed E-state index contributed by atoms with van der Waals surface area (Å²) in [5.41, 5.74) is 1.53. The third-order valence-corrected chi connectivity index (χ3v) is 2.45. The minimum atomic E-state index is -4.45. The van der Waals surface area contributed by atoms with Gasteiger partial charge in [-0.2, -0.15) is 18.3 Å². The third kappa shape index (κ3) is 2.34. The van der Waals surface area contributed by atoms with E-state index in [0.717, 1.165) is 6.07 Å². The Kier molecular flexibility index (Phi) is 3.30. The van der Waals surface area contributed by atoms with Crippen LogP contribution in [0.5, 0.6) is 0 Å². The van der Waals surface area contributed by atoms with Gasteiger partial charge < -0.3 is 0 Å². The van der Waals surface area contributed by atoms with Crippen LogP contribution in [0.2, 0.25) is 0 Å². The number of hydrogen-bond donors (Lipinski definition) is 3. The summed E-state index contributed by atoms with van der Waals surface area (Å²) in [7, 11) is 0. The van der Waals surface area contributed by atoms with E-state index in [4.69, 9.17) is 5.84 Å². The van der Waals surface area contributed by atoms with E-state index in [2.05, 4.69) is 20.6 Å². The van der Waals surface area contributed by atoms with Gasteiger partial charge >= 0.3 is 6.18 Å². The van der Waals surface area contributed by atoms with E-state index in [1.165, 1.54) is 24.5 Å². The number of hydrazine groups is 1. The van der Waals surface area contributed by atoms with E-state index < -0.39 is 17.8 Å². The zero-order valence-corrected chi connectivity index (χ0v) is 9.07. The predicted molar refractivity (Wildman–Crippen MR) is 57.0 cm³/mol. The fourth-order valence-electron chi connectivity index (χ4n) is 1.68. The standard InChI is InChI=1S/C10H10F3N5/c11-10(12,13)7-4-2-1-3-6(7)8(17-14)9-15-5-16-18-9/h1-5,8,17H,14H2,(H,15,16,18). The van der Waals surface area contributed by atoms with E-state index >= 15 is 0 Å². The lowest BCUT2D eigenvalue weighted by molar-refractivity contribution is -0.138. The van der Waals surface area contributed by atoms with Crippen molar-refractivity contribution in [3.63, 3.8) is 0 Å². The topological polar surface area (TPSA) is 79.6 Å². The van der Waals surface area contributed by atoms with Crippen LogP contribution in [0.4, 0.5) is 13.2 Å². The van der Waals surface area contributed by atoms with Crippen molar-refractivity contribution in [1.82, 2.24) is 20.6 Å². The number of aromatic nitrogens is 3. The second-order valence-corrected chi connectivity index (χ2v) is 3.56. The average molecular weight is 257 g/mol. The molecule has 1 heterocycles. The van der Waals surface area contributed by atoms with Gasteiger partial charge in [0, 0.05) is 0 Å². The lowest BCUT2D eigenvalue weighted by atomic mass is 10.00. The van der Waals surface area contributed by atoms with Gasteiger partial charge in [0.15, 0.2) is 0 Å². The van der Waals surface area contributed by atoms with Crippen LogP contribution in [0.3, 0.4) is 0 Å². The second kappa shape index (κ2) is 4.75. The van der Waals surface area contributed by atoms with Crippen LogP contribution in [-0.2, 0) is 6.18 Å². The van der Waals surface area contributed by atoms with Crippen LogP contribution < -0.4 is 11.3 Å². The molecule has 0 fully saturated rings. The highest BCUT2D eigenvalue weighted by molar-refractivity contribution is 5.35.